The van der Waals surface area contributed by atoms with Gasteiger partial charge in [0.25, 0.3) is 0 Å². The van der Waals surface area contributed by atoms with E-state index in [0.29, 0.717) is 27.5 Å². The highest BCUT2D eigenvalue weighted by molar-refractivity contribution is 7.98. The molecule has 0 unspecified atom stereocenters. The van der Waals surface area contributed by atoms with Gasteiger partial charge in [0.05, 0.1) is 0 Å². The van der Waals surface area contributed by atoms with Gasteiger partial charge in [-0.05, 0) is 62.2 Å². The minimum absolute atomic E-state index is 0.132. The number of halogens is 1. The van der Waals surface area contributed by atoms with Crippen LogP contribution in [0.3, 0.4) is 0 Å². The van der Waals surface area contributed by atoms with E-state index in [2.05, 4.69) is 20.9 Å². The number of aryl methyl sites for hydroxylation is 2. The fourth-order valence-corrected chi connectivity index (χ4v) is 3.24. The van der Waals surface area contributed by atoms with Crippen molar-refractivity contribution in [2.45, 2.75) is 19.0 Å². The Labute approximate surface area is 182 Å². The summed E-state index contributed by atoms with van der Waals surface area (Å²) in [6.07, 6.45) is 4.77. The highest BCUT2D eigenvalue weighted by Gasteiger charge is 2.10. The zero-order valence-electron chi connectivity index (χ0n) is 15.9. The molecular weight excluding hydrogens is 430 g/mol. The summed E-state index contributed by atoms with van der Waals surface area (Å²) in [4.78, 5) is 12.1. The van der Waals surface area contributed by atoms with E-state index in [9.17, 15) is 4.79 Å². The summed E-state index contributed by atoms with van der Waals surface area (Å²) in [6, 6.07) is 9.30. The summed E-state index contributed by atoms with van der Waals surface area (Å²) in [5, 5.41) is 11.9. The molecule has 0 atom stereocenters. The molecule has 3 aromatic rings. The van der Waals surface area contributed by atoms with E-state index in [4.69, 9.17) is 28.2 Å². The van der Waals surface area contributed by atoms with Gasteiger partial charge in [-0.2, -0.15) is 0 Å². The van der Waals surface area contributed by atoms with Gasteiger partial charge in [-0.25, -0.2) is 4.68 Å². The third kappa shape index (κ3) is 5.26. The van der Waals surface area contributed by atoms with Crippen molar-refractivity contribution < 1.29 is 9.21 Å². The first-order chi connectivity index (χ1) is 13.9. The maximum atomic E-state index is 12.1. The van der Waals surface area contributed by atoms with E-state index in [0.717, 1.165) is 11.1 Å². The van der Waals surface area contributed by atoms with Gasteiger partial charge in [0, 0.05) is 16.7 Å². The largest absolute Gasteiger partial charge is 0.457 e. The minimum atomic E-state index is -0.393. The first kappa shape index (κ1) is 21.1. The number of rotatable bonds is 5. The molecule has 3 rings (SSSR count). The summed E-state index contributed by atoms with van der Waals surface area (Å²) in [6.45, 7) is 3.71. The standard InChI is InChI=1S/C19H18ClN5O2S2/c1-11-4-5-13(10-15(11)20)16-8-6-14(27-16)7-9-17(26)21-18(28)24-25-12(2)22-23-19(25)29-3/h4-10H,1-3H3,(H2,21,24,26,28). The van der Waals surface area contributed by atoms with Crippen LogP contribution in [0.2, 0.25) is 5.02 Å². The third-order valence-electron chi connectivity index (χ3n) is 3.91. The van der Waals surface area contributed by atoms with Crippen molar-refractivity contribution in [2.24, 2.45) is 0 Å². The molecule has 0 bridgehead atoms. The van der Waals surface area contributed by atoms with Gasteiger partial charge < -0.3 is 4.42 Å². The molecule has 0 aliphatic carbocycles. The number of thiocarbonyl (C=S) groups is 1. The van der Waals surface area contributed by atoms with Crippen molar-refractivity contribution >= 4 is 52.7 Å². The van der Waals surface area contributed by atoms with Crippen molar-refractivity contribution in [3.8, 4) is 11.3 Å². The number of nitrogens with one attached hydrogen (secondary N) is 2. The van der Waals surface area contributed by atoms with Crippen LogP contribution in [0.25, 0.3) is 17.4 Å². The molecule has 2 heterocycles. The number of carbonyl (C=O) groups excluding carboxylic acids is 1. The predicted molar refractivity (Wildman–Crippen MR) is 120 cm³/mol. The molecule has 2 aromatic heterocycles. The fraction of sp³-hybridized carbons (Fsp3) is 0.158. The second-order valence-corrected chi connectivity index (χ2v) is 7.59. The highest BCUT2D eigenvalue weighted by Crippen LogP contribution is 2.27. The number of carbonyl (C=O) groups is 1. The molecule has 150 valence electrons. The van der Waals surface area contributed by atoms with Crippen molar-refractivity contribution in [2.75, 3.05) is 11.7 Å². The molecule has 29 heavy (non-hydrogen) atoms. The lowest BCUT2D eigenvalue weighted by atomic mass is 10.1. The topological polar surface area (TPSA) is 85.0 Å². The van der Waals surface area contributed by atoms with Crippen LogP contribution in [0.5, 0.6) is 0 Å². The Balaban J connectivity index is 1.60. The average molecular weight is 448 g/mol. The Morgan fingerprint density at radius 3 is 2.79 bits per heavy atom. The van der Waals surface area contributed by atoms with Crippen molar-refractivity contribution in [3.05, 3.63) is 58.6 Å². The van der Waals surface area contributed by atoms with Crippen molar-refractivity contribution in [1.82, 2.24) is 20.2 Å². The molecule has 10 heteroatoms. The Bertz CT molecular complexity index is 1090. The van der Waals surface area contributed by atoms with E-state index in [1.165, 1.54) is 17.8 Å². The molecule has 7 nitrogen and oxygen atoms in total. The SMILES string of the molecule is CSc1nnc(C)n1NC(=S)NC(=O)C=Cc1ccc(-c2ccc(C)c(Cl)c2)o1. The van der Waals surface area contributed by atoms with Gasteiger partial charge in [-0.3, -0.25) is 15.5 Å². The maximum Gasteiger partial charge on any atom is 0.250 e. The van der Waals surface area contributed by atoms with Crippen LogP contribution in [-0.4, -0.2) is 32.1 Å². The quantitative estimate of drug-likeness (QED) is 0.344. The first-order valence-corrected chi connectivity index (χ1v) is 10.5. The van der Waals surface area contributed by atoms with Crippen LogP contribution in [0.4, 0.5) is 0 Å². The van der Waals surface area contributed by atoms with Crippen LogP contribution in [-0.2, 0) is 4.79 Å². The van der Waals surface area contributed by atoms with Crippen LogP contribution >= 0.6 is 35.6 Å². The average Bonchev–Trinajstić information content (AvgIpc) is 3.29. The molecule has 0 spiro atoms. The number of amides is 1. The van der Waals surface area contributed by atoms with E-state index >= 15 is 0 Å². The maximum absolute atomic E-state index is 12.1. The molecule has 0 saturated carbocycles. The lowest BCUT2D eigenvalue weighted by molar-refractivity contribution is -0.115. The number of hydrogen-bond donors (Lipinski definition) is 2. The summed E-state index contributed by atoms with van der Waals surface area (Å²) in [5.41, 5.74) is 4.73. The van der Waals surface area contributed by atoms with E-state index < -0.39 is 5.91 Å². The Hall–Kier alpha value is -2.62. The number of nitrogens with zero attached hydrogens (tertiary/aromatic N) is 3. The van der Waals surface area contributed by atoms with Gasteiger partial charge in [-0.15, -0.1) is 10.2 Å². The Kier molecular flexibility index (Phi) is 6.73. The normalized spacial score (nSPS) is 11.0. The number of furan rings is 1. The van der Waals surface area contributed by atoms with Crippen LogP contribution in [0.15, 0.2) is 46.0 Å². The van der Waals surface area contributed by atoms with Crippen LogP contribution in [0, 0.1) is 13.8 Å². The van der Waals surface area contributed by atoms with E-state index in [1.54, 1.807) is 23.7 Å². The van der Waals surface area contributed by atoms with E-state index in [-0.39, 0.29) is 5.11 Å². The minimum Gasteiger partial charge on any atom is -0.457 e. The van der Waals surface area contributed by atoms with E-state index in [1.807, 2.05) is 37.4 Å². The number of benzene rings is 1. The molecule has 2 N–H and O–H groups in total. The monoisotopic (exact) mass is 447 g/mol. The zero-order valence-corrected chi connectivity index (χ0v) is 18.3. The predicted octanol–water partition coefficient (Wildman–Crippen LogP) is 4.19. The second-order valence-electron chi connectivity index (χ2n) is 6.00. The smallest absolute Gasteiger partial charge is 0.250 e. The fourth-order valence-electron chi connectivity index (χ4n) is 2.39. The van der Waals surface area contributed by atoms with Crippen LogP contribution < -0.4 is 10.7 Å². The number of aromatic nitrogens is 3. The molecule has 0 aliphatic rings. The summed E-state index contributed by atoms with van der Waals surface area (Å²) in [7, 11) is 0. The number of thioether (sulfide) groups is 1. The summed E-state index contributed by atoms with van der Waals surface area (Å²) >= 11 is 12.7. The molecule has 0 fully saturated rings. The van der Waals surface area contributed by atoms with Crippen molar-refractivity contribution in [3.63, 3.8) is 0 Å². The molecular formula is C19H18ClN5O2S2. The molecule has 1 aromatic carbocycles. The van der Waals surface area contributed by atoms with Gasteiger partial charge in [0.2, 0.25) is 11.1 Å². The molecule has 0 saturated heterocycles. The number of hydrogen-bond acceptors (Lipinski definition) is 6. The second kappa shape index (κ2) is 9.25. The Morgan fingerprint density at radius 1 is 1.28 bits per heavy atom. The van der Waals surface area contributed by atoms with Gasteiger partial charge in [-0.1, -0.05) is 35.5 Å². The van der Waals surface area contributed by atoms with Gasteiger partial charge in [0.1, 0.15) is 17.3 Å². The van der Waals surface area contributed by atoms with Crippen LogP contribution in [0.1, 0.15) is 17.1 Å². The van der Waals surface area contributed by atoms with Crippen molar-refractivity contribution in [1.29, 1.82) is 0 Å². The summed E-state index contributed by atoms with van der Waals surface area (Å²) < 4.78 is 7.35. The van der Waals surface area contributed by atoms with Gasteiger partial charge >= 0.3 is 0 Å². The third-order valence-corrected chi connectivity index (χ3v) is 5.14. The summed E-state index contributed by atoms with van der Waals surface area (Å²) in [5.74, 6) is 1.43. The molecule has 1 amide bonds. The zero-order chi connectivity index (χ0) is 21.0. The molecule has 0 aliphatic heterocycles. The Morgan fingerprint density at radius 2 is 2.07 bits per heavy atom. The lowest BCUT2D eigenvalue weighted by Crippen LogP contribution is -2.37. The van der Waals surface area contributed by atoms with Gasteiger partial charge in [0.15, 0.2) is 5.11 Å². The lowest BCUT2D eigenvalue weighted by Gasteiger charge is -2.11. The molecule has 0 radical (unpaired) electrons. The highest BCUT2D eigenvalue weighted by atomic mass is 35.5. The first-order valence-electron chi connectivity index (χ1n) is 8.50.